The van der Waals surface area contributed by atoms with Gasteiger partial charge in [-0.25, -0.2) is 0 Å². The fraction of sp³-hybridized carbons (Fsp3) is 0.750. The van der Waals surface area contributed by atoms with Crippen molar-refractivity contribution in [3.63, 3.8) is 0 Å². The molecule has 0 saturated heterocycles. The molecule has 214 valence electrons. The van der Waals surface area contributed by atoms with Crippen LogP contribution in [0, 0.1) is 50.7 Å². The molecule has 0 heterocycles. The molecule has 5 aliphatic carbocycles. The summed E-state index contributed by atoms with van der Waals surface area (Å²) in [6.45, 7) is 15.2. The van der Waals surface area contributed by atoms with Crippen LogP contribution >= 0.6 is 0 Å². The molecule has 9 atom stereocenters. The molecule has 0 unspecified atom stereocenters. The van der Waals surface area contributed by atoms with Crippen LogP contribution in [0.1, 0.15) is 111 Å². The third kappa shape index (κ3) is 3.73. The number of carbonyl (C=O) groups excluding carboxylic acids is 1. The number of aliphatic hydroxyl groups is 1. The number of benzene rings is 1. The van der Waals surface area contributed by atoms with Gasteiger partial charge in [-0.3, -0.25) is 4.79 Å². The average molecular weight is 533 g/mol. The van der Waals surface area contributed by atoms with Crippen molar-refractivity contribution in [3.8, 4) is 0 Å². The summed E-state index contributed by atoms with van der Waals surface area (Å²) in [5.74, 6) is 2.04. The predicted octanol–water partition coefficient (Wildman–Crippen LogP) is 8.50. The van der Waals surface area contributed by atoms with E-state index in [0.717, 1.165) is 50.5 Å². The van der Waals surface area contributed by atoms with Crippen LogP contribution in [0.5, 0.6) is 0 Å². The van der Waals surface area contributed by atoms with Crippen LogP contribution in [0.2, 0.25) is 0 Å². The van der Waals surface area contributed by atoms with Gasteiger partial charge in [0.05, 0.1) is 11.5 Å². The number of esters is 1. The second kappa shape index (κ2) is 9.20. The van der Waals surface area contributed by atoms with E-state index < -0.39 is 0 Å². The quantitative estimate of drug-likeness (QED) is 0.313. The summed E-state index contributed by atoms with van der Waals surface area (Å²) < 4.78 is 6.15. The monoisotopic (exact) mass is 532 g/mol. The lowest BCUT2D eigenvalue weighted by Gasteiger charge is -2.71. The summed E-state index contributed by atoms with van der Waals surface area (Å²) in [6, 6.07) is 10.2. The van der Waals surface area contributed by atoms with E-state index in [1.165, 1.54) is 19.3 Å². The van der Waals surface area contributed by atoms with Crippen LogP contribution in [0.15, 0.2) is 42.0 Å². The van der Waals surface area contributed by atoms with Gasteiger partial charge in [-0.05, 0) is 102 Å². The Hall–Kier alpha value is -1.61. The van der Waals surface area contributed by atoms with Crippen LogP contribution in [0.3, 0.4) is 0 Å². The first-order chi connectivity index (χ1) is 18.4. The van der Waals surface area contributed by atoms with Gasteiger partial charge in [0, 0.05) is 0 Å². The largest absolute Gasteiger partial charge is 0.460 e. The van der Waals surface area contributed by atoms with Gasteiger partial charge in [0.2, 0.25) is 0 Å². The fourth-order valence-corrected chi connectivity index (χ4v) is 11.6. The number of rotatable bonds is 3. The van der Waals surface area contributed by atoms with Gasteiger partial charge in [-0.15, -0.1) is 0 Å². The molecule has 39 heavy (non-hydrogen) atoms. The topological polar surface area (TPSA) is 46.5 Å². The Labute approximate surface area is 237 Å². The Balaban J connectivity index is 1.36. The van der Waals surface area contributed by atoms with Gasteiger partial charge >= 0.3 is 5.97 Å². The lowest BCUT2D eigenvalue weighted by atomic mass is 9.33. The SMILES string of the molecule is C[C@H]1CCC[C@]2(C(=O)OCc3ccccc3)CC[C@]3(C)C(=CC[C@@H]4[C@@]5(C)CC[C@H](O)C(C)(C)[C@@H]5CC[C@]43C)[C@H]12. The first-order valence-corrected chi connectivity index (χ1v) is 16.0. The Morgan fingerprint density at radius 3 is 2.41 bits per heavy atom. The Bertz CT molecular complexity index is 1140. The van der Waals surface area contributed by atoms with E-state index in [2.05, 4.69) is 59.8 Å². The number of aliphatic hydroxyl groups excluding tert-OH is 1. The molecular formula is C36H52O3. The van der Waals surface area contributed by atoms with Crippen LogP contribution in [0.25, 0.3) is 0 Å². The maximum atomic E-state index is 14.1. The van der Waals surface area contributed by atoms with Gasteiger partial charge in [0.25, 0.3) is 0 Å². The minimum Gasteiger partial charge on any atom is -0.460 e. The standard InChI is InChI=1S/C36H52O3/c1-24-11-10-18-36(31(38)39-23-25-12-8-7-9-13-25)22-21-34(5)26(30(24)36)14-15-28-33(4)19-17-29(37)32(2,3)27(33)16-20-35(28,34)6/h7-9,12-14,24,27-30,37H,10-11,15-23H2,1-6H3/t24-,27-,28+,29-,30-,33-,34+,35+,36-/m0/s1. The zero-order valence-corrected chi connectivity index (χ0v) is 25.4. The lowest BCUT2D eigenvalue weighted by Crippen LogP contribution is -2.65. The number of ether oxygens (including phenoxy) is 1. The van der Waals surface area contributed by atoms with Crippen molar-refractivity contribution in [1.82, 2.24) is 0 Å². The first kappa shape index (κ1) is 27.6. The van der Waals surface area contributed by atoms with Crippen LogP contribution in [-0.4, -0.2) is 17.2 Å². The zero-order valence-electron chi connectivity index (χ0n) is 25.4. The molecule has 4 saturated carbocycles. The molecule has 0 radical (unpaired) electrons. The highest BCUT2D eigenvalue weighted by molar-refractivity contribution is 5.79. The van der Waals surface area contributed by atoms with Crippen molar-refractivity contribution in [3.05, 3.63) is 47.5 Å². The molecule has 0 bridgehead atoms. The number of carbonyl (C=O) groups is 1. The minimum atomic E-state index is -0.376. The first-order valence-electron chi connectivity index (χ1n) is 16.0. The van der Waals surface area contributed by atoms with E-state index in [-0.39, 0.29) is 39.1 Å². The number of allylic oxidation sites excluding steroid dienone is 2. The van der Waals surface area contributed by atoms with E-state index >= 15 is 0 Å². The lowest BCUT2D eigenvalue weighted by molar-refractivity contribution is -0.206. The molecule has 4 fully saturated rings. The van der Waals surface area contributed by atoms with Gasteiger partial charge in [0.15, 0.2) is 0 Å². The number of hydrogen-bond acceptors (Lipinski definition) is 3. The highest BCUT2D eigenvalue weighted by Gasteiger charge is 2.69. The Morgan fingerprint density at radius 2 is 1.67 bits per heavy atom. The van der Waals surface area contributed by atoms with Crippen LogP contribution in [0.4, 0.5) is 0 Å². The maximum absolute atomic E-state index is 14.1. The van der Waals surface area contributed by atoms with E-state index in [1.54, 1.807) is 5.57 Å². The van der Waals surface area contributed by atoms with Crippen LogP contribution < -0.4 is 0 Å². The van der Waals surface area contributed by atoms with Crippen molar-refractivity contribution in [2.24, 2.45) is 50.7 Å². The molecule has 0 aliphatic heterocycles. The van der Waals surface area contributed by atoms with Crippen molar-refractivity contribution in [2.75, 3.05) is 0 Å². The minimum absolute atomic E-state index is 0.0264. The molecule has 3 heteroatoms. The number of fused-ring (bicyclic) bond motifs is 7. The summed E-state index contributed by atoms with van der Waals surface area (Å²) in [6.07, 6.45) is 13.4. The Kier molecular flexibility index (Phi) is 6.50. The summed E-state index contributed by atoms with van der Waals surface area (Å²) in [5.41, 5.74) is 2.86. The third-order valence-corrected chi connectivity index (χ3v) is 14.0. The fourth-order valence-electron chi connectivity index (χ4n) is 11.6. The molecule has 5 aliphatic rings. The highest BCUT2D eigenvalue weighted by atomic mass is 16.5. The van der Waals surface area contributed by atoms with Gasteiger partial charge in [-0.2, -0.15) is 0 Å². The van der Waals surface area contributed by atoms with Crippen molar-refractivity contribution in [1.29, 1.82) is 0 Å². The molecule has 3 nitrogen and oxygen atoms in total. The second-order valence-electron chi connectivity index (χ2n) is 15.7. The third-order valence-electron chi connectivity index (χ3n) is 14.0. The zero-order chi connectivity index (χ0) is 27.8. The molecule has 0 amide bonds. The van der Waals surface area contributed by atoms with Crippen LogP contribution in [-0.2, 0) is 16.1 Å². The van der Waals surface area contributed by atoms with Gasteiger partial charge < -0.3 is 9.84 Å². The molecule has 0 aromatic heterocycles. The summed E-state index contributed by atoms with van der Waals surface area (Å²) in [5, 5.41) is 11.0. The van der Waals surface area contributed by atoms with Gasteiger partial charge in [0.1, 0.15) is 6.61 Å². The second-order valence-corrected chi connectivity index (χ2v) is 15.7. The van der Waals surface area contributed by atoms with E-state index in [0.29, 0.717) is 30.3 Å². The molecule has 1 aromatic rings. The summed E-state index contributed by atoms with van der Waals surface area (Å²) in [7, 11) is 0. The Morgan fingerprint density at radius 1 is 0.923 bits per heavy atom. The van der Waals surface area contributed by atoms with Crippen molar-refractivity contribution < 1.29 is 14.6 Å². The molecular weight excluding hydrogens is 480 g/mol. The van der Waals surface area contributed by atoms with Crippen molar-refractivity contribution in [2.45, 2.75) is 118 Å². The van der Waals surface area contributed by atoms with E-state index in [4.69, 9.17) is 4.74 Å². The normalized spacial score (nSPS) is 46.5. The smallest absolute Gasteiger partial charge is 0.313 e. The van der Waals surface area contributed by atoms with E-state index in [1.807, 2.05) is 18.2 Å². The predicted molar refractivity (Wildman–Crippen MR) is 157 cm³/mol. The summed E-state index contributed by atoms with van der Waals surface area (Å²) in [4.78, 5) is 14.1. The molecule has 1 N–H and O–H groups in total. The average Bonchev–Trinajstić information content (AvgIpc) is 2.90. The molecule has 1 aromatic carbocycles. The maximum Gasteiger partial charge on any atom is 0.313 e. The molecule has 0 spiro atoms. The summed E-state index contributed by atoms with van der Waals surface area (Å²) >= 11 is 0. The van der Waals surface area contributed by atoms with E-state index in [9.17, 15) is 9.90 Å². The number of hydrogen-bond donors (Lipinski definition) is 1. The molecule has 6 rings (SSSR count). The van der Waals surface area contributed by atoms with Gasteiger partial charge in [-0.1, -0.05) is 96.4 Å². The highest BCUT2D eigenvalue weighted by Crippen LogP contribution is 2.75. The van der Waals surface area contributed by atoms with Crippen molar-refractivity contribution >= 4 is 5.97 Å².